The third-order valence-corrected chi connectivity index (χ3v) is 8.52. The molecule has 1 fully saturated rings. The molecule has 5 aromatic rings. The van der Waals surface area contributed by atoms with Crippen LogP contribution >= 0.6 is 0 Å². The number of H-pyrrole nitrogens is 1. The van der Waals surface area contributed by atoms with Gasteiger partial charge in [0, 0.05) is 70.0 Å². The zero-order valence-corrected chi connectivity index (χ0v) is 25.5. The molecular weight excluding hydrogens is 596 g/mol. The van der Waals surface area contributed by atoms with Crippen LogP contribution in [-0.4, -0.2) is 93.6 Å². The number of fused-ring (bicyclic) bond motifs is 1. The highest BCUT2D eigenvalue weighted by molar-refractivity contribution is 7.89. The van der Waals surface area contributed by atoms with Gasteiger partial charge < -0.3 is 25.4 Å². The molecule has 0 saturated carbocycles. The maximum Gasteiger partial charge on any atom is 0.275 e. The summed E-state index contributed by atoms with van der Waals surface area (Å²) in [5.41, 5.74) is 3.29. The molecule has 1 saturated heterocycles. The van der Waals surface area contributed by atoms with Crippen LogP contribution in [0.4, 0.5) is 23.0 Å². The predicted octanol–water partition coefficient (Wildman–Crippen LogP) is 2.05. The minimum Gasteiger partial charge on any atom is -0.368 e. The molecule has 0 aliphatic carbocycles. The van der Waals surface area contributed by atoms with Crippen molar-refractivity contribution in [2.75, 3.05) is 55.7 Å². The number of benzene rings is 1. The quantitative estimate of drug-likeness (QED) is 0.143. The first-order chi connectivity index (χ1) is 21.7. The van der Waals surface area contributed by atoms with E-state index in [1.165, 1.54) is 36.4 Å². The van der Waals surface area contributed by atoms with Gasteiger partial charge in [-0.15, -0.1) is 0 Å². The summed E-state index contributed by atoms with van der Waals surface area (Å²) in [6, 6.07) is 12.5. The van der Waals surface area contributed by atoms with Gasteiger partial charge in [-0.3, -0.25) is 14.8 Å². The van der Waals surface area contributed by atoms with Crippen molar-refractivity contribution in [1.29, 1.82) is 0 Å². The number of piperazine rings is 1. The molecule has 1 amide bonds. The number of hydrogen-bond donors (Lipinski definition) is 5. The molecule has 15 nitrogen and oxygen atoms in total. The number of sulfonamides is 1. The van der Waals surface area contributed by atoms with E-state index in [0.717, 1.165) is 38.1 Å². The highest BCUT2D eigenvalue weighted by atomic mass is 32.2. The van der Waals surface area contributed by atoms with Gasteiger partial charge in [-0.1, -0.05) is 12.1 Å². The molecule has 234 valence electrons. The van der Waals surface area contributed by atoms with Crippen molar-refractivity contribution in [3.05, 3.63) is 78.6 Å². The van der Waals surface area contributed by atoms with Crippen LogP contribution in [0.25, 0.3) is 11.0 Å². The number of aromatic amines is 1. The smallest absolute Gasteiger partial charge is 0.275 e. The summed E-state index contributed by atoms with van der Waals surface area (Å²) in [7, 11) is -1.68. The second-order valence-electron chi connectivity index (χ2n) is 10.8. The zero-order chi connectivity index (χ0) is 31.4. The number of hydrogen-bond acceptors (Lipinski definition) is 11. The van der Waals surface area contributed by atoms with Gasteiger partial charge in [-0.25, -0.2) is 28.5 Å². The molecule has 6 rings (SSSR count). The topological polar surface area (TPSA) is 192 Å². The normalized spacial score (nSPS) is 14.4. The van der Waals surface area contributed by atoms with E-state index in [9.17, 15) is 13.2 Å². The Balaban J connectivity index is 1.08. The lowest BCUT2D eigenvalue weighted by Crippen LogP contribution is -2.43. The van der Waals surface area contributed by atoms with Gasteiger partial charge in [0.1, 0.15) is 29.3 Å². The second-order valence-corrected chi connectivity index (χ2v) is 12.4. The summed E-state index contributed by atoms with van der Waals surface area (Å²) in [5, 5.41) is 22.1. The summed E-state index contributed by atoms with van der Waals surface area (Å²) in [4.78, 5) is 30.9. The molecule has 1 aliphatic heterocycles. The Bertz CT molecular complexity index is 1900. The van der Waals surface area contributed by atoms with Crippen LogP contribution in [0.3, 0.4) is 0 Å². The first-order valence-electron chi connectivity index (χ1n) is 14.4. The molecule has 45 heavy (non-hydrogen) atoms. The SMILES string of the molecule is CN1CCN(Cc2ccc(NC(=O)c3[nH]ncc3Nc3ncnc4c3ccn4CCNc3cc(S(N)(=O)=O)ccn3)cc2)CC1. The first-order valence-corrected chi connectivity index (χ1v) is 15.9. The number of anilines is 4. The Morgan fingerprint density at radius 1 is 1.04 bits per heavy atom. The highest BCUT2D eigenvalue weighted by Crippen LogP contribution is 2.26. The number of amides is 1. The van der Waals surface area contributed by atoms with Gasteiger partial charge in [-0.05, 0) is 36.9 Å². The van der Waals surface area contributed by atoms with E-state index in [2.05, 4.69) is 57.9 Å². The van der Waals surface area contributed by atoms with Gasteiger partial charge in [-0.2, -0.15) is 5.10 Å². The number of carbonyl (C=O) groups is 1. The number of aromatic nitrogens is 6. The van der Waals surface area contributed by atoms with Crippen LogP contribution in [-0.2, 0) is 23.1 Å². The highest BCUT2D eigenvalue weighted by Gasteiger charge is 2.18. The van der Waals surface area contributed by atoms with Crippen molar-refractivity contribution in [3.63, 3.8) is 0 Å². The van der Waals surface area contributed by atoms with E-state index in [4.69, 9.17) is 5.14 Å². The lowest BCUT2D eigenvalue weighted by Gasteiger charge is -2.32. The van der Waals surface area contributed by atoms with E-state index >= 15 is 0 Å². The second kappa shape index (κ2) is 13.0. The van der Waals surface area contributed by atoms with Crippen LogP contribution in [0.15, 0.2) is 72.3 Å². The maximum atomic E-state index is 13.2. The van der Waals surface area contributed by atoms with Crippen molar-refractivity contribution < 1.29 is 13.2 Å². The van der Waals surface area contributed by atoms with E-state index in [0.29, 0.717) is 41.7 Å². The van der Waals surface area contributed by atoms with Gasteiger partial charge in [0.25, 0.3) is 5.91 Å². The summed E-state index contributed by atoms with van der Waals surface area (Å²) in [6.07, 6.45) is 6.23. The molecule has 5 heterocycles. The average Bonchev–Trinajstić information content (AvgIpc) is 3.67. The molecule has 0 bridgehead atoms. The fourth-order valence-corrected chi connectivity index (χ4v) is 5.63. The van der Waals surface area contributed by atoms with Crippen molar-refractivity contribution in [3.8, 4) is 0 Å². The largest absolute Gasteiger partial charge is 0.368 e. The number of nitrogens with zero attached hydrogens (tertiary/aromatic N) is 7. The van der Waals surface area contributed by atoms with Crippen molar-refractivity contribution in [1.82, 2.24) is 39.5 Å². The zero-order valence-electron chi connectivity index (χ0n) is 24.6. The lowest BCUT2D eigenvalue weighted by molar-refractivity contribution is 0.102. The van der Waals surface area contributed by atoms with Crippen molar-refractivity contribution >= 4 is 50.0 Å². The number of nitrogens with one attached hydrogen (secondary N) is 4. The fourth-order valence-electron chi connectivity index (χ4n) is 5.11. The maximum absolute atomic E-state index is 13.2. The van der Waals surface area contributed by atoms with Crippen LogP contribution in [0.1, 0.15) is 16.1 Å². The molecular formula is C29H34N12O3S. The molecule has 16 heteroatoms. The van der Waals surface area contributed by atoms with Crippen molar-refractivity contribution in [2.45, 2.75) is 18.0 Å². The Hall–Kier alpha value is -4.90. The fraction of sp³-hybridized carbons (Fsp3) is 0.276. The number of pyridine rings is 1. The minimum absolute atomic E-state index is 0.0169. The molecule has 6 N–H and O–H groups in total. The Morgan fingerprint density at radius 3 is 2.62 bits per heavy atom. The molecule has 4 aromatic heterocycles. The van der Waals surface area contributed by atoms with Crippen LogP contribution in [0.2, 0.25) is 0 Å². The van der Waals surface area contributed by atoms with E-state index in [1.54, 1.807) is 0 Å². The number of rotatable bonds is 11. The molecule has 0 unspecified atom stereocenters. The minimum atomic E-state index is -3.82. The van der Waals surface area contributed by atoms with Gasteiger partial charge in [0.15, 0.2) is 0 Å². The molecule has 0 spiro atoms. The van der Waals surface area contributed by atoms with E-state index in [1.807, 2.05) is 41.1 Å². The number of primary sulfonamides is 1. The van der Waals surface area contributed by atoms with Crippen LogP contribution < -0.4 is 21.1 Å². The summed E-state index contributed by atoms with van der Waals surface area (Å²) < 4.78 is 25.2. The number of nitrogens with two attached hydrogens (primary N) is 1. The Labute approximate surface area is 259 Å². The van der Waals surface area contributed by atoms with Crippen LogP contribution in [0, 0.1) is 0 Å². The van der Waals surface area contributed by atoms with E-state index < -0.39 is 10.0 Å². The standard InChI is InChI=1S/C29H34N12O3S/c1-39-12-14-40(15-13-39)18-20-2-4-21(5-3-20)36-29(42)26-24(17-35-38-26)37-27-23-7-10-41(28(23)34-19-33-27)11-9-32-25-16-22(6-8-31-25)45(30,43)44/h2-8,10,16-17,19H,9,11-15,18H2,1H3,(H,31,32)(H,35,38)(H,36,42)(H2,30,43,44)(H,33,34,37). The first kappa shape index (κ1) is 30.1. The van der Waals surface area contributed by atoms with Crippen molar-refractivity contribution in [2.24, 2.45) is 5.14 Å². The van der Waals surface area contributed by atoms with E-state index in [-0.39, 0.29) is 16.5 Å². The predicted molar refractivity (Wildman–Crippen MR) is 171 cm³/mol. The number of likely N-dealkylation sites (N-methyl/N-ethyl adjacent to an activating group) is 1. The molecule has 1 aromatic carbocycles. The summed E-state index contributed by atoms with van der Waals surface area (Å²) in [5.74, 6) is 0.566. The Morgan fingerprint density at radius 2 is 1.84 bits per heavy atom. The van der Waals surface area contributed by atoms with Gasteiger partial charge >= 0.3 is 0 Å². The van der Waals surface area contributed by atoms with Gasteiger partial charge in [0.05, 0.1) is 22.2 Å². The molecule has 0 atom stereocenters. The summed E-state index contributed by atoms with van der Waals surface area (Å²) >= 11 is 0. The Kier molecular flexibility index (Phi) is 8.70. The third-order valence-electron chi connectivity index (χ3n) is 7.61. The monoisotopic (exact) mass is 630 g/mol. The molecule has 0 radical (unpaired) electrons. The van der Waals surface area contributed by atoms with Gasteiger partial charge in [0.2, 0.25) is 10.0 Å². The average molecular weight is 631 g/mol. The molecule has 1 aliphatic rings. The number of carbonyl (C=O) groups excluding carboxylic acids is 1. The lowest BCUT2D eigenvalue weighted by atomic mass is 10.1. The van der Waals surface area contributed by atoms with Crippen LogP contribution in [0.5, 0.6) is 0 Å². The summed E-state index contributed by atoms with van der Waals surface area (Å²) in [6.45, 7) is 6.06. The third kappa shape index (κ3) is 7.26.